The summed E-state index contributed by atoms with van der Waals surface area (Å²) in [4.78, 5) is 24.6. The summed E-state index contributed by atoms with van der Waals surface area (Å²) in [6, 6.07) is 4.83. The lowest BCUT2D eigenvalue weighted by Gasteiger charge is -2.22. The highest BCUT2D eigenvalue weighted by molar-refractivity contribution is 7.89. The van der Waals surface area contributed by atoms with Gasteiger partial charge < -0.3 is 15.5 Å². The maximum atomic E-state index is 12.3. The van der Waals surface area contributed by atoms with E-state index in [0.29, 0.717) is 18.8 Å². The monoisotopic (exact) mass is 392 g/mol. The van der Waals surface area contributed by atoms with Gasteiger partial charge in [0.1, 0.15) is 0 Å². The van der Waals surface area contributed by atoms with E-state index >= 15 is 0 Å². The van der Waals surface area contributed by atoms with E-state index in [2.05, 4.69) is 15.4 Å². The number of carbonyl (C=O) groups is 2. The Bertz CT molecular complexity index is 679. The van der Waals surface area contributed by atoms with Gasteiger partial charge in [0.15, 0.2) is 0 Å². The molecule has 8 nitrogen and oxygen atoms in total. The summed E-state index contributed by atoms with van der Waals surface area (Å²) in [5.41, 5.74) is 0.498. The number of rotatable bonds is 8. The molecule has 0 aromatic heterocycles. The largest absolute Gasteiger partial charge is 0.343 e. The highest BCUT2D eigenvalue weighted by Crippen LogP contribution is 2.14. The fraction of sp³-hybridized carbons (Fsp3) is 0.467. The molecule has 0 saturated carbocycles. The van der Waals surface area contributed by atoms with Crippen LogP contribution in [-0.4, -0.2) is 58.4 Å². The Hall–Kier alpha value is -1.68. The van der Waals surface area contributed by atoms with Crippen molar-refractivity contribution in [1.82, 2.24) is 14.9 Å². The zero-order valence-electron chi connectivity index (χ0n) is 14.7. The second kappa shape index (κ2) is 10.3. The molecule has 1 aromatic rings. The van der Waals surface area contributed by atoms with Crippen LogP contribution in [0.2, 0.25) is 0 Å². The van der Waals surface area contributed by atoms with Crippen molar-refractivity contribution in [3.8, 4) is 0 Å². The Balaban J connectivity index is 0.00000576. The number of carbonyl (C=O) groups excluding carboxylic acids is 2. The smallest absolute Gasteiger partial charge is 0.241 e. The summed E-state index contributed by atoms with van der Waals surface area (Å²) < 4.78 is 27.0. The maximum absolute atomic E-state index is 12.3. The number of benzene rings is 1. The van der Waals surface area contributed by atoms with Crippen LogP contribution >= 0.6 is 12.4 Å². The molecule has 0 aliphatic rings. The molecular weight excluding hydrogens is 368 g/mol. The highest BCUT2D eigenvalue weighted by Gasteiger charge is 2.24. The lowest BCUT2D eigenvalue weighted by molar-refractivity contribution is -0.131. The van der Waals surface area contributed by atoms with Crippen molar-refractivity contribution in [1.29, 1.82) is 0 Å². The zero-order chi connectivity index (χ0) is 18.3. The third kappa shape index (κ3) is 7.39. The number of hydrogen-bond donors (Lipinski definition) is 3. The average molecular weight is 393 g/mol. The van der Waals surface area contributed by atoms with E-state index < -0.39 is 16.1 Å². The summed E-state index contributed by atoms with van der Waals surface area (Å²) in [7, 11) is -0.439. The van der Waals surface area contributed by atoms with Gasteiger partial charge >= 0.3 is 0 Å². The minimum absolute atomic E-state index is 0. The van der Waals surface area contributed by atoms with Crippen molar-refractivity contribution in [2.24, 2.45) is 0 Å². The van der Waals surface area contributed by atoms with Crippen LogP contribution in [0.4, 0.5) is 5.69 Å². The van der Waals surface area contributed by atoms with Crippen molar-refractivity contribution >= 4 is 39.9 Å². The second-order valence-corrected chi connectivity index (χ2v) is 7.13. The van der Waals surface area contributed by atoms with Crippen LogP contribution in [0.25, 0.3) is 0 Å². The molecule has 1 aromatic carbocycles. The molecule has 0 bridgehead atoms. The van der Waals surface area contributed by atoms with Gasteiger partial charge in [-0.05, 0) is 38.2 Å². The standard InChI is InChI=1S/C15H24N4O4S.ClH/c1-11(15(21)19(4)10-9-16-3)18-24(22,23)14-7-5-13(6-8-14)17-12(2)20;/h5-8,11,16,18H,9-10H2,1-4H3,(H,17,20);1H. The number of anilines is 1. The molecule has 2 amide bonds. The highest BCUT2D eigenvalue weighted by atomic mass is 35.5. The van der Waals surface area contributed by atoms with Gasteiger partial charge in [-0.1, -0.05) is 0 Å². The summed E-state index contributed by atoms with van der Waals surface area (Å²) in [5, 5.41) is 5.48. The quantitative estimate of drug-likeness (QED) is 0.594. The molecule has 3 N–H and O–H groups in total. The van der Waals surface area contributed by atoms with Gasteiger partial charge in [-0.15, -0.1) is 12.4 Å². The van der Waals surface area contributed by atoms with Crippen molar-refractivity contribution < 1.29 is 18.0 Å². The summed E-state index contributed by atoms with van der Waals surface area (Å²) in [5.74, 6) is -0.559. The van der Waals surface area contributed by atoms with Gasteiger partial charge in [-0.25, -0.2) is 8.42 Å². The molecule has 1 atom stereocenters. The van der Waals surface area contributed by atoms with Gasteiger partial charge in [0.05, 0.1) is 10.9 Å². The maximum Gasteiger partial charge on any atom is 0.241 e. The fourth-order valence-electron chi connectivity index (χ4n) is 1.99. The Morgan fingerprint density at radius 2 is 1.76 bits per heavy atom. The van der Waals surface area contributed by atoms with E-state index in [1.165, 1.54) is 43.0 Å². The molecule has 0 saturated heterocycles. The molecule has 1 rings (SSSR count). The van der Waals surface area contributed by atoms with Crippen LogP contribution in [0.15, 0.2) is 29.2 Å². The number of amides is 2. The van der Waals surface area contributed by atoms with Gasteiger partial charge in [0.2, 0.25) is 21.8 Å². The topological polar surface area (TPSA) is 108 Å². The number of nitrogens with one attached hydrogen (secondary N) is 3. The first kappa shape index (κ1) is 23.3. The predicted octanol–water partition coefficient (Wildman–Crippen LogP) is 0.411. The van der Waals surface area contributed by atoms with Gasteiger partial charge in [0, 0.05) is 32.7 Å². The van der Waals surface area contributed by atoms with E-state index in [-0.39, 0.29) is 29.1 Å². The molecule has 10 heteroatoms. The van der Waals surface area contributed by atoms with E-state index in [9.17, 15) is 18.0 Å². The lowest BCUT2D eigenvalue weighted by atomic mass is 10.3. The van der Waals surface area contributed by atoms with Crippen LogP contribution in [-0.2, 0) is 19.6 Å². The van der Waals surface area contributed by atoms with E-state index in [0.717, 1.165) is 0 Å². The van der Waals surface area contributed by atoms with Gasteiger partial charge in [0.25, 0.3) is 0 Å². The molecule has 0 fully saturated rings. The number of nitrogens with zero attached hydrogens (tertiary/aromatic N) is 1. The summed E-state index contributed by atoms with van der Waals surface area (Å²) in [6.07, 6.45) is 0. The normalized spacial score (nSPS) is 12.0. The first-order valence-electron chi connectivity index (χ1n) is 7.47. The number of hydrogen-bond acceptors (Lipinski definition) is 5. The Labute approximate surface area is 154 Å². The van der Waals surface area contributed by atoms with E-state index in [4.69, 9.17) is 0 Å². The SMILES string of the molecule is CNCCN(C)C(=O)C(C)NS(=O)(=O)c1ccc(NC(C)=O)cc1.Cl. The minimum atomic E-state index is -3.83. The van der Waals surface area contributed by atoms with Crippen molar-refractivity contribution in [3.05, 3.63) is 24.3 Å². The first-order chi connectivity index (χ1) is 11.2. The Morgan fingerprint density at radius 1 is 1.20 bits per heavy atom. The molecule has 0 radical (unpaired) electrons. The van der Waals surface area contributed by atoms with Crippen LogP contribution in [0.1, 0.15) is 13.8 Å². The van der Waals surface area contributed by atoms with Crippen LogP contribution in [0.3, 0.4) is 0 Å². The molecule has 0 spiro atoms. The van der Waals surface area contributed by atoms with Crippen LogP contribution < -0.4 is 15.4 Å². The molecule has 0 heterocycles. The first-order valence-corrected chi connectivity index (χ1v) is 8.95. The van der Waals surface area contributed by atoms with Crippen LogP contribution in [0, 0.1) is 0 Å². The van der Waals surface area contributed by atoms with Crippen molar-refractivity contribution in [2.45, 2.75) is 24.8 Å². The molecule has 142 valence electrons. The van der Waals surface area contributed by atoms with Gasteiger partial charge in [-0.3, -0.25) is 9.59 Å². The molecular formula is C15H25ClN4O4S. The van der Waals surface area contributed by atoms with Gasteiger partial charge in [-0.2, -0.15) is 4.72 Å². The lowest BCUT2D eigenvalue weighted by Crippen LogP contribution is -2.46. The number of sulfonamides is 1. The third-order valence-electron chi connectivity index (χ3n) is 3.26. The number of halogens is 1. The Kier molecular flexibility index (Phi) is 9.65. The predicted molar refractivity (Wildman–Crippen MR) is 99.3 cm³/mol. The number of likely N-dealkylation sites (N-methyl/N-ethyl adjacent to an activating group) is 2. The molecule has 25 heavy (non-hydrogen) atoms. The summed E-state index contributed by atoms with van der Waals surface area (Å²) >= 11 is 0. The zero-order valence-corrected chi connectivity index (χ0v) is 16.3. The Morgan fingerprint density at radius 3 is 2.24 bits per heavy atom. The fourth-order valence-corrected chi connectivity index (χ4v) is 3.19. The van der Waals surface area contributed by atoms with Crippen molar-refractivity contribution in [3.63, 3.8) is 0 Å². The molecule has 1 unspecified atom stereocenters. The second-order valence-electron chi connectivity index (χ2n) is 5.41. The van der Waals surface area contributed by atoms with E-state index in [1.54, 1.807) is 14.1 Å². The molecule has 0 aliphatic heterocycles. The van der Waals surface area contributed by atoms with Crippen molar-refractivity contribution in [2.75, 3.05) is 32.5 Å². The minimum Gasteiger partial charge on any atom is -0.343 e. The van der Waals surface area contributed by atoms with Crippen LogP contribution in [0.5, 0.6) is 0 Å². The summed E-state index contributed by atoms with van der Waals surface area (Å²) in [6.45, 7) is 3.96. The third-order valence-corrected chi connectivity index (χ3v) is 4.82. The van der Waals surface area contributed by atoms with E-state index in [1.807, 2.05) is 0 Å². The average Bonchev–Trinajstić information content (AvgIpc) is 2.51. The molecule has 0 aliphatic carbocycles.